The number of alkyl halides is 3. The van der Waals surface area contributed by atoms with Crippen molar-refractivity contribution in [2.24, 2.45) is 0 Å². The quantitative estimate of drug-likeness (QED) is 0.680. The van der Waals surface area contributed by atoms with E-state index in [1.807, 2.05) is 24.3 Å². The number of aromatic nitrogens is 1. The molecule has 0 atom stereocenters. The fraction of sp³-hybridized carbons (Fsp3) is 0.333. The molecule has 0 spiro atoms. The first-order valence-electron chi connectivity index (χ1n) is 7.45. The van der Waals surface area contributed by atoms with Crippen molar-refractivity contribution in [3.05, 3.63) is 29.3 Å². The zero-order chi connectivity index (χ0) is 19.9. The van der Waals surface area contributed by atoms with Crippen LogP contribution in [0.5, 0.6) is 0 Å². The average molecular weight is 405 g/mol. The van der Waals surface area contributed by atoms with Crippen LogP contribution >= 0.6 is 11.3 Å². The average Bonchev–Trinajstić information content (AvgIpc) is 3.00. The predicted octanol–water partition coefficient (Wildman–Crippen LogP) is 1.74. The largest absolute Gasteiger partial charge is 0.454 e. The number of para-hydroxylation sites is 1. The lowest BCUT2D eigenvalue weighted by Gasteiger charge is -2.09. The molecule has 0 saturated heterocycles. The van der Waals surface area contributed by atoms with E-state index in [9.17, 15) is 27.6 Å². The van der Waals surface area contributed by atoms with E-state index in [0.29, 0.717) is 5.01 Å². The van der Waals surface area contributed by atoms with E-state index in [2.05, 4.69) is 9.72 Å². The van der Waals surface area contributed by atoms with Gasteiger partial charge in [-0.25, -0.2) is 14.6 Å². The number of urea groups is 1. The van der Waals surface area contributed by atoms with Crippen molar-refractivity contribution in [2.75, 3.05) is 19.8 Å². The van der Waals surface area contributed by atoms with Gasteiger partial charge in [0.05, 0.1) is 16.8 Å². The molecule has 8 nitrogen and oxygen atoms in total. The van der Waals surface area contributed by atoms with E-state index in [0.717, 1.165) is 10.2 Å². The Balaban J connectivity index is 1.62. The highest BCUT2D eigenvalue weighted by molar-refractivity contribution is 7.18. The number of benzene rings is 1. The smallest absolute Gasteiger partial charge is 0.405 e. The molecule has 2 N–H and O–H groups in total. The molecule has 1 aromatic heterocycles. The molecule has 0 bridgehead atoms. The first kappa shape index (κ1) is 20.6. The lowest BCUT2D eigenvalue weighted by atomic mass is 10.3. The van der Waals surface area contributed by atoms with Crippen LogP contribution in [-0.2, 0) is 25.7 Å². The van der Waals surface area contributed by atoms with E-state index in [-0.39, 0.29) is 6.61 Å². The number of carbonyl (C=O) groups excluding carboxylic acids is 3. The summed E-state index contributed by atoms with van der Waals surface area (Å²) in [6, 6.07) is 6.11. The summed E-state index contributed by atoms with van der Waals surface area (Å²) in [6.45, 7) is -2.81. The maximum atomic E-state index is 11.9. The number of fused-ring (bicyclic) bond motifs is 1. The first-order chi connectivity index (χ1) is 12.7. The molecule has 0 saturated carbocycles. The SMILES string of the molecule is O=C(COC(=O)COCc1nc2ccccc2s1)NC(=O)NCC(F)(F)F. The zero-order valence-corrected chi connectivity index (χ0v) is 14.5. The Morgan fingerprint density at radius 2 is 1.89 bits per heavy atom. The maximum absolute atomic E-state index is 11.9. The van der Waals surface area contributed by atoms with Crippen molar-refractivity contribution in [2.45, 2.75) is 12.8 Å². The van der Waals surface area contributed by atoms with Gasteiger partial charge in [0, 0.05) is 0 Å². The number of thiazole rings is 1. The Morgan fingerprint density at radius 1 is 1.15 bits per heavy atom. The Kier molecular flexibility index (Phi) is 7.07. The van der Waals surface area contributed by atoms with Gasteiger partial charge >= 0.3 is 18.2 Å². The standard InChI is InChI=1S/C15H14F3N3O5S/c16-15(17,18)8-19-14(24)21-11(22)5-26-13(23)7-25-6-12-20-9-3-1-2-4-10(9)27-12/h1-4H,5-8H2,(H2,19,21,22,24). The van der Waals surface area contributed by atoms with Crippen LogP contribution in [0.3, 0.4) is 0 Å². The third-order valence-electron chi connectivity index (χ3n) is 2.85. The third-order valence-corrected chi connectivity index (χ3v) is 3.86. The minimum Gasteiger partial charge on any atom is -0.454 e. The van der Waals surface area contributed by atoms with Gasteiger partial charge in [0.15, 0.2) is 6.61 Å². The Hall–Kier alpha value is -2.73. The van der Waals surface area contributed by atoms with E-state index in [1.165, 1.54) is 16.7 Å². The number of halogens is 3. The van der Waals surface area contributed by atoms with Gasteiger partial charge in [-0.05, 0) is 12.1 Å². The van der Waals surface area contributed by atoms with Gasteiger partial charge in [0.1, 0.15) is 18.2 Å². The second-order valence-corrected chi connectivity index (χ2v) is 6.19. The van der Waals surface area contributed by atoms with Crippen LogP contribution in [0.4, 0.5) is 18.0 Å². The van der Waals surface area contributed by atoms with Crippen LogP contribution in [0.2, 0.25) is 0 Å². The number of hydrogen-bond donors (Lipinski definition) is 2. The van der Waals surface area contributed by atoms with Crippen LogP contribution in [0.15, 0.2) is 24.3 Å². The summed E-state index contributed by atoms with van der Waals surface area (Å²) in [4.78, 5) is 38.1. The van der Waals surface area contributed by atoms with Gasteiger partial charge in [0.2, 0.25) is 0 Å². The predicted molar refractivity (Wildman–Crippen MR) is 87.8 cm³/mol. The molecule has 27 heavy (non-hydrogen) atoms. The number of esters is 1. The highest BCUT2D eigenvalue weighted by Crippen LogP contribution is 2.21. The maximum Gasteiger partial charge on any atom is 0.405 e. The normalized spacial score (nSPS) is 11.2. The summed E-state index contributed by atoms with van der Waals surface area (Å²) in [5, 5.41) is 3.68. The van der Waals surface area contributed by atoms with E-state index in [4.69, 9.17) is 4.74 Å². The molecule has 0 aliphatic carbocycles. The van der Waals surface area contributed by atoms with Crippen molar-refractivity contribution >= 4 is 39.5 Å². The first-order valence-corrected chi connectivity index (χ1v) is 8.27. The molecular weight excluding hydrogens is 391 g/mol. The summed E-state index contributed by atoms with van der Waals surface area (Å²) in [5.74, 6) is -1.95. The molecule has 2 aromatic rings. The number of carbonyl (C=O) groups is 3. The fourth-order valence-electron chi connectivity index (χ4n) is 1.78. The molecule has 1 aromatic carbocycles. The Labute approximate surface area is 154 Å². The summed E-state index contributed by atoms with van der Waals surface area (Å²) in [6.07, 6.45) is -4.60. The van der Waals surface area contributed by atoms with Crippen molar-refractivity contribution < 1.29 is 37.0 Å². The van der Waals surface area contributed by atoms with E-state index in [1.54, 1.807) is 5.32 Å². The van der Waals surface area contributed by atoms with Gasteiger partial charge in [-0.15, -0.1) is 11.3 Å². The number of hydrogen-bond acceptors (Lipinski definition) is 7. The molecular formula is C15H14F3N3O5S. The summed E-state index contributed by atoms with van der Waals surface area (Å²) < 4.78 is 46.3. The number of amides is 3. The number of rotatable bonds is 7. The minimum absolute atomic E-state index is 0.0699. The second-order valence-electron chi connectivity index (χ2n) is 5.07. The van der Waals surface area contributed by atoms with Crippen molar-refractivity contribution in [3.63, 3.8) is 0 Å². The highest BCUT2D eigenvalue weighted by atomic mass is 32.1. The lowest BCUT2D eigenvalue weighted by Crippen LogP contribution is -2.44. The number of nitrogens with one attached hydrogen (secondary N) is 2. The molecule has 0 fully saturated rings. The molecule has 12 heteroatoms. The minimum atomic E-state index is -4.60. The highest BCUT2D eigenvalue weighted by Gasteiger charge is 2.28. The number of nitrogens with zero attached hydrogens (tertiary/aromatic N) is 1. The molecule has 2 rings (SSSR count). The van der Waals surface area contributed by atoms with Crippen molar-refractivity contribution in [1.82, 2.24) is 15.6 Å². The lowest BCUT2D eigenvalue weighted by molar-refractivity contribution is -0.153. The number of ether oxygens (including phenoxy) is 2. The monoisotopic (exact) mass is 405 g/mol. The van der Waals surface area contributed by atoms with Crippen molar-refractivity contribution in [3.8, 4) is 0 Å². The summed E-state index contributed by atoms with van der Waals surface area (Å²) in [7, 11) is 0. The van der Waals surface area contributed by atoms with Crippen LogP contribution in [-0.4, -0.2) is 48.8 Å². The van der Waals surface area contributed by atoms with Crippen LogP contribution in [0.1, 0.15) is 5.01 Å². The van der Waals surface area contributed by atoms with Gasteiger partial charge in [-0.2, -0.15) is 13.2 Å². The molecule has 1 heterocycles. The summed E-state index contributed by atoms with van der Waals surface area (Å²) >= 11 is 1.40. The molecule has 3 amide bonds. The molecule has 0 radical (unpaired) electrons. The van der Waals surface area contributed by atoms with Crippen molar-refractivity contribution in [1.29, 1.82) is 0 Å². The van der Waals surface area contributed by atoms with Crippen LogP contribution < -0.4 is 10.6 Å². The van der Waals surface area contributed by atoms with E-state index < -0.39 is 43.8 Å². The number of imide groups is 1. The molecule has 0 unspecified atom stereocenters. The van der Waals surface area contributed by atoms with E-state index >= 15 is 0 Å². The second kappa shape index (κ2) is 9.28. The third kappa shape index (κ3) is 7.58. The van der Waals surface area contributed by atoms with Crippen LogP contribution in [0.25, 0.3) is 10.2 Å². The zero-order valence-electron chi connectivity index (χ0n) is 13.7. The summed E-state index contributed by atoms with van der Waals surface area (Å²) in [5.41, 5.74) is 0.809. The Bertz CT molecular complexity index is 791. The topological polar surface area (TPSA) is 107 Å². The Morgan fingerprint density at radius 3 is 2.59 bits per heavy atom. The van der Waals surface area contributed by atoms with Gasteiger partial charge in [-0.1, -0.05) is 12.1 Å². The van der Waals surface area contributed by atoms with Crippen LogP contribution in [0, 0.1) is 0 Å². The van der Waals surface area contributed by atoms with Gasteiger partial charge in [0.25, 0.3) is 5.91 Å². The molecule has 0 aliphatic heterocycles. The van der Waals surface area contributed by atoms with Gasteiger partial charge < -0.3 is 14.8 Å². The molecule has 146 valence electrons. The van der Waals surface area contributed by atoms with Gasteiger partial charge in [-0.3, -0.25) is 10.1 Å². The fourth-order valence-corrected chi connectivity index (χ4v) is 2.68. The molecule has 0 aliphatic rings.